The van der Waals surface area contributed by atoms with Gasteiger partial charge in [0.15, 0.2) is 0 Å². The van der Waals surface area contributed by atoms with Gasteiger partial charge in [0.05, 0.1) is 7.11 Å². The number of amides is 1. The van der Waals surface area contributed by atoms with Crippen LogP contribution in [0.1, 0.15) is 32.3 Å². The zero-order valence-corrected chi connectivity index (χ0v) is 11.3. The summed E-state index contributed by atoms with van der Waals surface area (Å²) in [7, 11) is 1.67. The van der Waals surface area contributed by atoms with E-state index in [0.29, 0.717) is 0 Å². The minimum Gasteiger partial charge on any atom is -0.497 e. The number of ether oxygens (including phenoxy) is 1. The highest BCUT2D eigenvalue weighted by atomic mass is 16.5. The minimum atomic E-state index is 0.0525. The summed E-state index contributed by atoms with van der Waals surface area (Å²) in [4.78, 5) is 11.6. The maximum Gasteiger partial charge on any atom is 0.222 e. The third-order valence-corrected chi connectivity index (χ3v) is 3.68. The number of rotatable bonds is 5. The molecular weight excluding hydrogens is 226 g/mol. The van der Waals surface area contributed by atoms with Crippen molar-refractivity contribution in [3.8, 4) is 5.75 Å². The molecular formula is C15H21NO2. The Morgan fingerprint density at radius 2 is 1.94 bits per heavy atom. The van der Waals surface area contributed by atoms with E-state index in [-0.39, 0.29) is 17.2 Å². The van der Waals surface area contributed by atoms with E-state index in [2.05, 4.69) is 17.4 Å². The molecule has 1 fully saturated rings. The van der Waals surface area contributed by atoms with E-state index in [1.165, 1.54) is 5.56 Å². The summed E-state index contributed by atoms with van der Waals surface area (Å²) in [6.07, 6.45) is 2.30. The average Bonchev–Trinajstić information content (AvgIpc) is 3.17. The van der Waals surface area contributed by atoms with Crippen LogP contribution in [0.25, 0.3) is 0 Å². The van der Waals surface area contributed by atoms with Gasteiger partial charge in [0.25, 0.3) is 0 Å². The Balaban J connectivity index is 2.00. The Bertz CT molecular complexity index is 419. The van der Waals surface area contributed by atoms with Crippen LogP contribution in [0.2, 0.25) is 0 Å². The Morgan fingerprint density at radius 1 is 1.33 bits per heavy atom. The molecule has 1 saturated carbocycles. The van der Waals surface area contributed by atoms with Crippen molar-refractivity contribution in [3.05, 3.63) is 29.8 Å². The quantitative estimate of drug-likeness (QED) is 0.868. The van der Waals surface area contributed by atoms with Crippen molar-refractivity contribution in [2.24, 2.45) is 5.92 Å². The minimum absolute atomic E-state index is 0.0525. The Morgan fingerprint density at radius 3 is 2.39 bits per heavy atom. The summed E-state index contributed by atoms with van der Waals surface area (Å²) in [5.41, 5.74) is 1.46. The first-order valence-electron chi connectivity index (χ1n) is 6.50. The molecule has 0 spiro atoms. The average molecular weight is 247 g/mol. The summed E-state index contributed by atoms with van der Waals surface area (Å²) in [6.45, 7) is 4.58. The molecule has 0 unspecified atom stereocenters. The maximum absolute atomic E-state index is 11.6. The fourth-order valence-corrected chi connectivity index (χ4v) is 2.12. The van der Waals surface area contributed by atoms with E-state index in [9.17, 15) is 4.79 Å². The van der Waals surface area contributed by atoms with E-state index < -0.39 is 0 Å². The van der Waals surface area contributed by atoms with Gasteiger partial charge in [0.2, 0.25) is 5.91 Å². The molecule has 0 atom stereocenters. The Hall–Kier alpha value is -1.51. The smallest absolute Gasteiger partial charge is 0.222 e. The molecule has 0 bridgehead atoms. The van der Waals surface area contributed by atoms with Gasteiger partial charge in [0, 0.05) is 17.9 Å². The third kappa shape index (κ3) is 2.66. The van der Waals surface area contributed by atoms with Gasteiger partial charge in [0.1, 0.15) is 5.75 Å². The molecule has 0 radical (unpaired) electrons. The molecule has 3 heteroatoms. The van der Waals surface area contributed by atoms with Crippen LogP contribution >= 0.6 is 0 Å². The van der Waals surface area contributed by atoms with Crippen LogP contribution < -0.4 is 10.1 Å². The number of benzene rings is 1. The van der Waals surface area contributed by atoms with Gasteiger partial charge in [-0.1, -0.05) is 26.0 Å². The van der Waals surface area contributed by atoms with Crippen molar-refractivity contribution >= 4 is 5.91 Å². The van der Waals surface area contributed by atoms with E-state index in [4.69, 9.17) is 4.74 Å². The van der Waals surface area contributed by atoms with Gasteiger partial charge in [-0.2, -0.15) is 0 Å². The van der Waals surface area contributed by atoms with E-state index in [1.54, 1.807) is 7.11 Å². The van der Waals surface area contributed by atoms with Crippen molar-refractivity contribution in [2.45, 2.75) is 32.1 Å². The van der Waals surface area contributed by atoms with Crippen molar-refractivity contribution in [3.63, 3.8) is 0 Å². The maximum atomic E-state index is 11.6. The first kappa shape index (κ1) is 12.9. The summed E-state index contributed by atoms with van der Waals surface area (Å²) in [5, 5.41) is 3.04. The van der Waals surface area contributed by atoms with Crippen LogP contribution in [0.3, 0.4) is 0 Å². The Labute approximate surface area is 109 Å². The molecule has 1 aliphatic carbocycles. The lowest BCUT2D eigenvalue weighted by Gasteiger charge is -2.18. The van der Waals surface area contributed by atoms with Gasteiger partial charge in [-0.3, -0.25) is 4.79 Å². The van der Waals surface area contributed by atoms with Crippen molar-refractivity contribution in [1.82, 2.24) is 5.32 Å². The number of hydrogen-bond donors (Lipinski definition) is 1. The number of carbonyl (C=O) groups excluding carboxylic acids is 1. The van der Waals surface area contributed by atoms with Gasteiger partial charge in [-0.05, 0) is 30.5 Å². The van der Waals surface area contributed by atoms with Crippen molar-refractivity contribution in [1.29, 1.82) is 0 Å². The number of nitrogens with one attached hydrogen (secondary N) is 1. The lowest BCUT2D eigenvalue weighted by Crippen LogP contribution is -2.34. The molecule has 3 nitrogen and oxygen atoms in total. The molecule has 1 aromatic carbocycles. The summed E-state index contributed by atoms with van der Waals surface area (Å²) in [6, 6.07) is 8.18. The van der Waals surface area contributed by atoms with Crippen LogP contribution in [-0.4, -0.2) is 19.6 Å². The van der Waals surface area contributed by atoms with Gasteiger partial charge < -0.3 is 10.1 Å². The van der Waals surface area contributed by atoms with Gasteiger partial charge in [-0.25, -0.2) is 0 Å². The molecule has 0 aliphatic heterocycles. The zero-order valence-electron chi connectivity index (χ0n) is 11.3. The highest BCUT2D eigenvalue weighted by Crippen LogP contribution is 2.47. The van der Waals surface area contributed by atoms with Gasteiger partial charge >= 0.3 is 0 Å². The molecule has 0 saturated heterocycles. The first-order chi connectivity index (χ1) is 8.57. The molecule has 1 amide bonds. The lowest BCUT2D eigenvalue weighted by atomic mass is 9.95. The van der Waals surface area contributed by atoms with Crippen LogP contribution in [0, 0.1) is 5.92 Å². The molecule has 1 aliphatic rings. The lowest BCUT2D eigenvalue weighted by molar-refractivity contribution is -0.124. The standard InChI is InChI=1S/C15H21NO2/c1-11(2)14(17)16-10-15(8-9-15)12-4-6-13(18-3)7-5-12/h4-7,11H,8-10H2,1-3H3,(H,16,17). The largest absolute Gasteiger partial charge is 0.497 e. The highest BCUT2D eigenvalue weighted by molar-refractivity contribution is 5.78. The molecule has 98 valence electrons. The molecule has 2 rings (SSSR count). The van der Waals surface area contributed by atoms with Crippen molar-refractivity contribution < 1.29 is 9.53 Å². The third-order valence-electron chi connectivity index (χ3n) is 3.68. The summed E-state index contributed by atoms with van der Waals surface area (Å²) >= 11 is 0. The number of methoxy groups -OCH3 is 1. The Kier molecular flexibility index (Phi) is 3.60. The molecule has 1 aromatic rings. The van der Waals surface area contributed by atoms with Crippen LogP contribution in [0.4, 0.5) is 0 Å². The monoisotopic (exact) mass is 247 g/mol. The highest BCUT2D eigenvalue weighted by Gasteiger charge is 2.44. The predicted octanol–water partition coefficient (Wildman–Crippen LogP) is 2.50. The molecule has 0 heterocycles. The molecule has 1 N–H and O–H groups in total. The van der Waals surface area contributed by atoms with Crippen LogP contribution in [0.15, 0.2) is 24.3 Å². The second-order valence-corrected chi connectivity index (χ2v) is 5.38. The fraction of sp³-hybridized carbons (Fsp3) is 0.533. The second kappa shape index (κ2) is 5.01. The first-order valence-corrected chi connectivity index (χ1v) is 6.50. The SMILES string of the molecule is COc1ccc(C2(CNC(=O)C(C)C)CC2)cc1. The number of hydrogen-bond acceptors (Lipinski definition) is 2. The zero-order chi connectivity index (χ0) is 13.2. The molecule has 18 heavy (non-hydrogen) atoms. The fourth-order valence-electron chi connectivity index (χ4n) is 2.12. The molecule has 0 aromatic heterocycles. The second-order valence-electron chi connectivity index (χ2n) is 5.38. The van der Waals surface area contributed by atoms with E-state index in [0.717, 1.165) is 25.1 Å². The summed E-state index contributed by atoms with van der Waals surface area (Å²) < 4.78 is 5.16. The van der Waals surface area contributed by atoms with E-state index in [1.807, 2.05) is 26.0 Å². The number of carbonyl (C=O) groups is 1. The normalized spacial score (nSPS) is 16.4. The van der Waals surface area contributed by atoms with Crippen LogP contribution in [-0.2, 0) is 10.2 Å². The van der Waals surface area contributed by atoms with E-state index >= 15 is 0 Å². The topological polar surface area (TPSA) is 38.3 Å². The van der Waals surface area contributed by atoms with Gasteiger partial charge in [-0.15, -0.1) is 0 Å². The van der Waals surface area contributed by atoms with Crippen molar-refractivity contribution in [2.75, 3.05) is 13.7 Å². The van der Waals surface area contributed by atoms with Crippen LogP contribution in [0.5, 0.6) is 5.75 Å². The predicted molar refractivity (Wildman–Crippen MR) is 71.8 cm³/mol. The summed E-state index contributed by atoms with van der Waals surface area (Å²) in [5.74, 6) is 1.06.